The fraction of sp³-hybridized carbons (Fsp3) is 0.0690. The maximum atomic E-state index is 13.2. The number of carbonyl (C=O) groups excluding carboxylic acids is 1. The molecule has 4 nitrogen and oxygen atoms in total. The normalized spacial score (nSPS) is 11.4. The summed E-state index contributed by atoms with van der Waals surface area (Å²) in [6, 6.07) is 31.4. The number of nitrogens with one attached hydrogen (secondary N) is 1. The Bertz CT molecular complexity index is 1490. The number of alkyl halides is 2. The van der Waals surface area contributed by atoms with Gasteiger partial charge in [-0.25, -0.2) is 4.79 Å². The minimum Gasteiger partial charge on any atom is -0.433 e. The van der Waals surface area contributed by atoms with Crippen LogP contribution >= 0.6 is 0 Å². The van der Waals surface area contributed by atoms with Gasteiger partial charge >= 0.3 is 12.1 Å². The summed E-state index contributed by atoms with van der Waals surface area (Å²) >= 11 is 0. The smallest absolute Gasteiger partial charge is 0.394 e. The number of ether oxygens (including phenoxy) is 1. The molecule has 0 radical (unpaired) electrons. The molecule has 1 N–H and O–H groups in total. The van der Waals surface area contributed by atoms with E-state index in [-0.39, 0.29) is 11.8 Å². The lowest BCUT2D eigenvalue weighted by Gasteiger charge is -2.13. The average Bonchev–Trinajstić information content (AvgIpc) is 3.25. The lowest BCUT2D eigenvalue weighted by Crippen LogP contribution is -2.19. The first-order valence-corrected chi connectivity index (χ1v) is 11.1. The number of fused-ring (bicyclic) bond motifs is 1. The molecule has 0 saturated heterocycles. The minimum atomic E-state index is -3.28. The van der Waals surface area contributed by atoms with Gasteiger partial charge in [0.25, 0.3) is 0 Å². The second-order valence-electron chi connectivity index (χ2n) is 8.21. The highest BCUT2D eigenvalue weighted by molar-refractivity contribution is 6.06. The number of rotatable bonds is 5. The van der Waals surface area contributed by atoms with Crippen molar-refractivity contribution < 1.29 is 18.3 Å². The molecule has 174 valence electrons. The van der Waals surface area contributed by atoms with Crippen molar-refractivity contribution in [1.29, 1.82) is 0 Å². The molecule has 0 aliphatic rings. The number of carbonyl (C=O) groups is 1. The van der Waals surface area contributed by atoms with Crippen LogP contribution < -0.4 is 10.1 Å². The summed E-state index contributed by atoms with van der Waals surface area (Å²) in [7, 11) is 0. The minimum absolute atomic E-state index is 0.0155. The third kappa shape index (κ3) is 4.77. The van der Waals surface area contributed by atoms with Gasteiger partial charge in [0.15, 0.2) is 0 Å². The number of aromatic nitrogens is 1. The van der Waals surface area contributed by atoms with Crippen LogP contribution in [0.1, 0.15) is 6.92 Å². The van der Waals surface area contributed by atoms with Crippen molar-refractivity contribution >= 4 is 22.6 Å². The van der Waals surface area contributed by atoms with Crippen molar-refractivity contribution in [3.63, 3.8) is 0 Å². The molecule has 0 aliphatic heterocycles. The Hall–Kier alpha value is -4.45. The summed E-state index contributed by atoms with van der Waals surface area (Å²) in [5, 5.41) is 3.78. The Labute approximate surface area is 201 Å². The molecule has 0 unspecified atom stereocenters. The molecule has 5 aromatic rings. The second-order valence-corrected chi connectivity index (χ2v) is 8.21. The summed E-state index contributed by atoms with van der Waals surface area (Å²) in [5.41, 5.74) is 5.33. The van der Waals surface area contributed by atoms with Crippen LogP contribution in [0.3, 0.4) is 0 Å². The largest absolute Gasteiger partial charge is 0.433 e. The topological polar surface area (TPSA) is 43.3 Å². The van der Waals surface area contributed by atoms with E-state index in [0.717, 1.165) is 33.2 Å². The van der Waals surface area contributed by atoms with E-state index >= 15 is 0 Å². The average molecular weight is 469 g/mol. The number of anilines is 1. The van der Waals surface area contributed by atoms with Crippen LogP contribution in [0.2, 0.25) is 0 Å². The van der Waals surface area contributed by atoms with Crippen molar-refractivity contribution in [2.45, 2.75) is 13.0 Å². The molecule has 1 aromatic heterocycles. The van der Waals surface area contributed by atoms with E-state index in [2.05, 4.69) is 34.3 Å². The van der Waals surface area contributed by atoms with E-state index in [0.29, 0.717) is 12.6 Å². The number of amides is 1. The summed E-state index contributed by atoms with van der Waals surface area (Å²) in [6.45, 7) is 0.674. The number of halogens is 2. The number of nitrogens with zero attached hydrogens (tertiary/aromatic N) is 1. The molecule has 0 aliphatic carbocycles. The van der Waals surface area contributed by atoms with Gasteiger partial charge in [0, 0.05) is 29.8 Å². The van der Waals surface area contributed by atoms with E-state index in [1.165, 1.54) is 24.3 Å². The molecular formula is C29H22F2N2O2. The molecule has 6 heteroatoms. The lowest BCUT2D eigenvalue weighted by molar-refractivity contribution is -0.158. The quantitative estimate of drug-likeness (QED) is 0.284. The zero-order valence-electron chi connectivity index (χ0n) is 18.9. The molecule has 35 heavy (non-hydrogen) atoms. The third-order valence-electron chi connectivity index (χ3n) is 5.64. The van der Waals surface area contributed by atoms with E-state index in [9.17, 15) is 13.6 Å². The van der Waals surface area contributed by atoms with E-state index in [1.54, 1.807) is 4.57 Å². The molecule has 0 bridgehead atoms. The van der Waals surface area contributed by atoms with Crippen molar-refractivity contribution in [2.75, 3.05) is 5.32 Å². The first-order valence-electron chi connectivity index (χ1n) is 11.1. The molecule has 0 fully saturated rings. The fourth-order valence-electron chi connectivity index (χ4n) is 4.15. The van der Waals surface area contributed by atoms with Crippen molar-refractivity contribution in [3.8, 4) is 28.0 Å². The predicted molar refractivity (Wildman–Crippen MR) is 135 cm³/mol. The van der Waals surface area contributed by atoms with Crippen LogP contribution in [0.25, 0.3) is 33.2 Å². The first kappa shape index (κ1) is 22.3. The highest BCUT2D eigenvalue weighted by atomic mass is 19.3. The lowest BCUT2D eigenvalue weighted by atomic mass is 9.94. The molecule has 4 aromatic carbocycles. The number of hydrogen-bond donors (Lipinski definition) is 1. The van der Waals surface area contributed by atoms with Gasteiger partial charge in [-0.2, -0.15) is 8.78 Å². The van der Waals surface area contributed by atoms with E-state index < -0.39 is 6.11 Å². The maximum absolute atomic E-state index is 13.2. The second kappa shape index (κ2) is 9.06. The molecular weight excluding hydrogens is 446 g/mol. The number of hydrogen-bond acceptors (Lipinski definition) is 2. The monoisotopic (exact) mass is 468 g/mol. The molecule has 0 atom stereocenters. The molecule has 0 saturated carbocycles. The van der Waals surface area contributed by atoms with Crippen molar-refractivity contribution in [1.82, 2.24) is 4.57 Å². The zero-order valence-corrected chi connectivity index (χ0v) is 18.9. The highest BCUT2D eigenvalue weighted by Crippen LogP contribution is 2.37. The van der Waals surface area contributed by atoms with Crippen LogP contribution in [-0.4, -0.2) is 16.7 Å². The zero-order chi connectivity index (χ0) is 24.4. The van der Waals surface area contributed by atoms with E-state index in [4.69, 9.17) is 0 Å². The van der Waals surface area contributed by atoms with Gasteiger partial charge < -0.3 is 10.1 Å². The number of para-hydroxylation sites is 1. The summed E-state index contributed by atoms with van der Waals surface area (Å²) in [4.78, 5) is 13.2. The molecule has 0 spiro atoms. The summed E-state index contributed by atoms with van der Waals surface area (Å²) in [5.74, 6) is 0.0155. The van der Waals surface area contributed by atoms with Crippen LogP contribution in [-0.2, 0) is 0 Å². The predicted octanol–water partition coefficient (Wildman–Crippen LogP) is 8.05. The number of benzene rings is 4. The highest BCUT2D eigenvalue weighted by Gasteiger charge is 2.23. The Kier molecular flexibility index (Phi) is 5.79. The van der Waals surface area contributed by atoms with Crippen LogP contribution in [0.15, 0.2) is 109 Å². The van der Waals surface area contributed by atoms with Crippen LogP contribution in [0, 0.1) is 0 Å². The molecule has 1 amide bonds. The summed E-state index contributed by atoms with van der Waals surface area (Å²) < 4.78 is 32.3. The van der Waals surface area contributed by atoms with Crippen molar-refractivity contribution in [2.24, 2.45) is 0 Å². The first-order chi connectivity index (χ1) is 16.9. The SMILES string of the molecule is CC(F)(F)Oc1ccc(NC(=O)n2cc(-c3ccccc3-c3ccccc3)c3ccccc32)cc1. The Morgan fingerprint density at radius 1 is 0.771 bits per heavy atom. The van der Waals surface area contributed by atoms with Gasteiger partial charge in [0.2, 0.25) is 0 Å². The Balaban J connectivity index is 1.51. The Morgan fingerprint density at radius 2 is 1.40 bits per heavy atom. The van der Waals surface area contributed by atoms with Gasteiger partial charge in [0.1, 0.15) is 5.75 Å². The van der Waals surface area contributed by atoms with Crippen LogP contribution in [0.4, 0.5) is 19.3 Å². The van der Waals surface area contributed by atoms with Gasteiger partial charge in [-0.1, -0.05) is 72.8 Å². The van der Waals surface area contributed by atoms with Gasteiger partial charge in [0.05, 0.1) is 5.52 Å². The standard InChI is InChI=1S/C29H22F2N2O2/c1-29(30,31)35-22-17-15-21(16-18-22)32-28(34)33-19-26(25-13-7-8-14-27(25)33)24-12-6-5-11-23(24)20-9-3-2-4-10-20/h2-19H,1H3,(H,32,34). The van der Waals surface area contributed by atoms with Crippen LogP contribution in [0.5, 0.6) is 5.75 Å². The molecule has 5 rings (SSSR count). The van der Waals surface area contributed by atoms with E-state index in [1.807, 2.05) is 60.8 Å². The third-order valence-corrected chi connectivity index (χ3v) is 5.64. The van der Waals surface area contributed by atoms with Crippen molar-refractivity contribution in [3.05, 3.63) is 109 Å². The van der Waals surface area contributed by atoms with Gasteiger partial charge in [-0.05, 0) is 47.0 Å². The fourth-order valence-corrected chi connectivity index (χ4v) is 4.15. The maximum Gasteiger partial charge on any atom is 0.394 e. The molecule has 1 heterocycles. The Morgan fingerprint density at radius 3 is 2.11 bits per heavy atom. The summed E-state index contributed by atoms with van der Waals surface area (Å²) in [6.07, 6.45) is -1.45. The van der Waals surface area contributed by atoms with Gasteiger partial charge in [-0.3, -0.25) is 4.57 Å². The van der Waals surface area contributed by atoms with Gasteiger partial charge in [-0.15, -0.1) is 0 Å².